The van der Waals surface area contributed by atoms with E-state index in [-0.39, 0.29) is 19.4 Å². The average molecular weight is 501 g/mol. The average Bonchev–Trinajstić information content (AvgIpc) is 2.80. The summed E-state index contributed by atoms with van der Waals surface area (Å²) >= 11 is 5.06. The van der Waals surface area contributed by atoms with Crippen molar-refractivity contribution in [2.45, 2.75) is 142 Å². The fraction of sp³-hybridized carbons (Fsp3) is 0.885. The molecular formula is C26H50N3O4S+. The third kappa shape index (κ3) is 18.0. The second-order valence-corrected chi connectivity index (χ2v) is 9.84. The van der Waals surface area contributed by atoms with Gasteiger partial charge in [0, 0.05) is 12.8 Å². The number of hydrogen-bond donors (Lipinski definition) is 2. The van der Waals surface area contributed by atoms with Gasteiger partial charge in [-0.3, -0.25) is 4.79 Å². The Morgan fingerprint density at radius 3 is 1.59 bits per heavy atom. The summed E-state index contributed by atoms with van der Waals surface area (Å²) in [5.41, 5.74) is 10.7. The van der Waals surface area contributed by atoms with Crippen LogP contribution in [0.4, 0.5) is 0 Å². The highest BCUT2D eigenvalue weighted by Gasteiger charge is 2.38. The molecule has 198 valence electrons. The van der Waals surface area contributed by atoms with Crippen molar-refractivity contribution in [1.82, 2.24) is 0 Å². The second kappa shape index (κ2) is 22.1. The van der Waals surface area contributed by atoms with Gasteiger partial charge in [-0.25, -0.2) is 9.59 Å². The van der Waals surface area contributed by atoms with Crippen LogP contribution in [0.2, 0.25) is 0 Å². The van der Waals surface area contributed by atoms with Crippen molar-refractivity contribution in [3.8, 4) is 0 Å². The predicted octanol–water partition coefficient (Wildman–Crippen LogP) is 5.04. The Morgan fingerprint density at radius 2 is 1.21 bits per heavy atom. The van der Waals surface area contributed by atoms with Gasteiger partial charge in [0.15, 0.2) is 0 Å². The van der Waals surface area contributed by atoms with Crippen LogP contribution in [0.3, 0.4) is 0 Å². The van der Waals surface area contributed by atoms with E-state index < -0.39 is 29.9 Å². The van der Waals surface area contributed by atoms with E-state index in [1.165, 1.54) is 90.4 Å². The van der Waals surface area contributed by atoms with Crippen molar-refractivity contribution in [2.24, 2.45) is 11.5 Å². The van der Waals surface area contributed by atoms with E-state index in [4.69, 9.17) is 28.6 Å². The lowest BCUT2D eigenvalue weighted by atomic mass is 10.0. The van der Waals surface area contributed by atoms with Crippen LogP contribution < -0.4 is 11.5 Å². The lowest BCUT2D eigenvalue weighted by Gasteiger charge is -2.12. The molecule has 7 nitrogen and oxygen atoms in total. The molecule has 0 heterocycles. The number of carbonyl (C=O) groups is 3. The maximum Gasteiger partial charge on any atom is 0.417 e. The first kappa shape index (κ1) is 32.6. The van der Waals surface area contributed by atoms with E-state index in [1.54, 1.807) is 0 Å². The molecule has 0 bridgehead atoms. The van der Waals surface area contributed by atoms with Gasteiger partial charge in [-0.1, -0.05) is 107 Å². The molecule has 8 heteroatoms. The van der Waals surface area contributed by atoms with Gasteiger partial charge in [0.05, 0.1) is 6.61 Å². The smallest absolute Gasteiger partial charge is 0.417 e. The van der Waals surface area contributed by atoms with E-state index in [1.807, 2.05) is 0 Å². The van der Waals surface area contributed by atoms with Gasteiger partial charge in [0.1, 0.15) is 6.04 Å². The molecule has 2 atom stereocenters. The largest absolute Gasteiger partial charge is 0.461 e. The minimum atomic E-state index is -1.03. The molecule has 0 rings (SSSR count). The third-order valence-electron chi connectivity index (χ3n) is 6.07. The zero-order valence-electron chi connectivity index (χ0n) is 21.7. The monoisotopic (exact) mass is 500 g/mol. The molecule has 0 aromatic heterocycles. The van der Waals surface area contributed by atoms with Crippen LogP contribution in [0.5, 0.6) is 0 Å². The summed E-state index contributed by atoms with van der Waals surface area (Å²) in [6.45, 7) is 4.03. The highest BCUT2D eigenvalue weighted by atomic mass is 32.1. The van der Waals surface area contributed by atoms with E-state index in [9.17, 15) is 14.4 Å². The van der Waals surface area contributed by atoms with Crippen LogP contribution in [0, 0.1) is 0 Å². The van der Waals surface area contributed by atoms with Crippen LogP contribution in [0.15, 0.2) is 0 Å². The fourth-order valence-electron chi connectivity index (χ4n) is 3.88. The molecule has 0 aliphatic carbocycles. The summed E-state index contributed by atoms with van der Waals surface area (Å²) in [6, 6.07) is -1.86. The van der Waals surface area contributed by atoms with Crippen LogP contribution >= 0.6 is 0 Å². The molecule has 4 N–H and O–H groups in total. The normalized spacial score (nSPS) is 12.8. The van der Waals surface area contributed by atoms with Crippen molar-refractivity contribution < 1.29 is 23.1 Å². The summed E-state index contributed by atoms with van der Waals surface area (Å²) in [5, 5.41) is 0. The molecule has 0 aromatic rings. The number of ether oxygens (including phenoxy) is 1. The summed E-state index contributed by atoms with van der Waals surface area (Å²) in [7, 11) is 0. The quantitative estimate of drug-likeness (QED) is 0.115. The number of carbonyl (C=O) groups excluding carboxylic acids is 3. The lowest BCUT2D eigenvalue weighted by molar-refractivity contribution is -0.453. The number of nitrogens with zero attached hydrogens (tertiary/aromatic N) is 1. The molecule has 0 spiro atoms. The Labute approximate surface area is 212 Å². The maximum absolute atomic E-state index is 12.4. The van der Waals surface area contributed by atoms with E-state index >= 15 is 0 Å². The van der Waals surface area contributed by atoms with E-state index in [0.717, 1.165) is 23.2 Å². The molecule has 0 unspecified atom stereocenters. The zero-order chi connectivity index (χ0) is 25.6. The van der Waals surface area contributed by atoms with Crippen molar-refractivity contribution >= 4 is 30.2 Å². The standard InChI is InChI=1S/C26H49N3O4S/c1-3-4-5-6-7-8-9-10-11-12-13-14-15-16-17-18-21-33-26(32)23(19-20-24(28)30)29(34)25(31)22(2)27/h22-23H,3-21,27H2,1-2H3,(H-,28,30)/p+1/t22-,23+/m1/s1. The van der Waals surface area contributed by atoms with Crippen molar-refractivity contribution in [3.63, 3.8) is 0 Å². The lowest BCUT2D eigenvalue weighted by Crippen LogP contribution is -2.44. The fourth-order valence-corrected chi connectivity index (χ4v) is 4.24. The van der Waals surface area contributed by atoms with Crippen molar-refractivity contribution in [1.29, 1.82) is 0 Å². The van der Waals surface area contributed by atoms with Gasteiger partial charge >= 0.3 is 11.9 Å². The molecule has 0 aromatic carbocycles. The second-order valence-electron chi connectivity index (χ2n) is 9.44. The molecule has 0 fully saturated rings. The van der Waals surface area contributed by atoms with Gasteiger partial charge in [0.2, 0.25) is 5.91 Å². The highest BCUT2D eigenvalue weighted by Crippen LogP contribution is 2.14. The number of nitrogens with two attached hydrogens (primary N) is 2. The summed E-state index contributed by atoms with van der Waals surface area (Å²) in [5.74, 6) is -1.72. The molecule has 0 aliphatic rings. The minimum absolute atomic E-state index is 0.0368. The van der Waals surface area contributed by atoms with Crippen LogP contribution in [-0.4, -0.2) is 40.4 Å². The molecule has 2 amide bonds. The minimum Gasteiger partial charge on any atom is -0.461 e. The zero-order valence-corrected chi connectivity index (χ0v) is 22.5. The first-order valence-corrected chi connectivity index (χ1v) is 13.9. The van der Waals surface area contributed by atoms with Crippen LogP contribution in [0.1, 0.15) is 129 Å². The van der Waals surface area contributed by atoms with Gasteiger partial charge in [-0.15, -0.1) is 0 Å². The van der Waals surface area contributed by atoms with Crippen LogP contribution in [-0.2, 0) is 31.5 Å². The number of hydrogen-bond acceptors (Lipinski definition) is 6. The highest BCUT2D eigenvalue weighted by molar-refractivity contribution is 7.44. The number of unbranched alkanes of at least 4 members (excludes halogenated alkanes) is 15. The van der Waals surface area contributed by atoms with E-state index in [2.05, 4.69) is 6.92 Å². The first-order valence-electron chi connectivity index (χ1n) is 13.5. The Bertz CT molecular complexity index is 584. The Hall–Kier alpha value is -1.41. The van der Waals surface area contributed by atoms with Crippen molar-refractivity contribution in [2.75, 3.05) is 6.61 Å². The summed E-state index contributed by atoms with van der Waals surface area (Å²) < 4.78 is 6.16. The SMILES string of the molecule is CCCCCCCCCCCCCCCCCCOC(=O)[C@H](CCC(N)=O)[N+](=S)C(=O)[C@@H](C)N. The van der Waals surface area contributed by atoms with E-state index in [0.29, 0.717) is 0 Å². The molecule has 34 heavy (non-hydrogen) atoms. The van der Waals surface area contributed by atoms with Crippen LogP contribution in [0.25, 0.3) is 0 Å². The molecule has 0 saturated carbocycles. The number of primary amides is 1. The Kier molecular flexibility index (Phi) is 21.2. The number of esters is 1. The third-order valence-corrected chi connectivity index (χ3v) is 6.50. The first-order chi connectivity index (χ1) is 16.3. The Morgan fingerprint density at radius 1 is 0.794 bits per heavy atom. The Balaban J connectivity index is 3.79. The maximum atomic E-state index is 12.4. The predicted molar refractivity (Wildman–Crippen MR) is 139 cm³/mol. The van der Waals surface area contributed by atoms with Gasteiger partial charge < -0.3 is 16.2 Å². The molecule has 0 aliphatic heterocycles. The molecule has 0 radical (unpaired) electrons. The molecule has 0 saturated heterocycles. The van der Waals surface area contributed by atoms with Gasteiger partial charge in [-0.2, -0.15) is 0 Å². The number of amides is 2. The topological polar surface area (TPSA) is 115 Å². The number of rotatable bonds is 23. The molecular weight excluding hydrogens is 450 g/mol. The summed E-state index contributed by atoms with van der Waals surface area (Å²) in [4.78, 5) is 35.5. The van der Waals surface area contributed by atoms with Crippen molar-refractivity contribution in [3.05, 3.63) is 0 Å². The van der Waals surface area contributed by atoms with Gasteiger partial charge in [-0.05, 0) is 13.3 Å². The van der Waals surface area contributed by atoms with Gasteiger partial charge in [0.25, 0.3) is 18.5 Å². The summed E-state index contributed by atoms with van der Waals surface area (Å²) in [6.07, 6.45) is 20.4.